The van der Waals surface area contributed by atoms with E-state index in [1.807, 2.05) is 0 Å². The van der Waals surface area contributed by atoms with Gasteiger partial charge in [0, 0.05) is 12.6 Å². The number of nitrogens with zero attached hydrogens (tertiary/aromatic N) is 1. The van der Waals surface area contributed by atoms with Gasteiger partial charge in [-0.15, -0.1) is 0 Å². The van der Waals surface area contributed by atoms with Gasteiger partial charge in [-0.1, -0.05) is 19.3 Å². The molecule has 1 spiro atoms. The molecule has 2 nitrogen and oxygen atoms in total. The molecule has 2 atom stereocenters. The Morgan fingerprint density at radius 2 is 1.84 bits per heavy atom. The summed E-state index contributed by atoms with van der Waals surface area (Å²) >= 11 is 2.13. The molecule has 0 aromatic heterocycles. The Balaban J connectivity index is 1.56. The fraction of sp³-hybridized carbons (Fsp3) is 1.00. The second kappa shape index (κ2) is 6.36. The first-order chi connectivity index (χ1) is 9.33. The highest BCUT2D eigenvalue weighted by molar-refractivity contribution is 7.99. The summed E-state index contributed by atoms with van der Waals surface area (Å²) in [6, 6.07) is 0.677. The minimum Gasteiger partial charge on any atom is -0.329 e. The SMILES string of the molecule is NCC(C1CCSC1)N1CCC2(CCCCC2)CC1. The van der Waals surface area contributed by atoms with Crippen molar-refractivity contribution in [3.63, 3.8) is 0 Å². The van der Waals surface area contributed by atoms with Crippen molar-refractivity contribution in [1.82, 2.24) is 4.90 Å². The average Bonchev–Trinajstić information content (AvgIpc) is 2.97. The van der Waals surface area contributed by atoms with Gasteiger partial charge in [-0.05, 0) is 68.0 Å². The van der Waals surface area contributed by atoms with Gasteiger partial charge in [-0.25, -0.2) is 0 Å². The summed E-state index contributed by atoms with van der Waals surface area (Å²) in [7, 11) is 0. The van der Waals surface area contributed by atoms with Crippen molar-refractivity contribution < 1.29 is 0 Å². The largest absolute Gasteiger partial charge is 0.329 e. The summed E-state index contributed by atoms with van der Waals surface area (Å²) in [6.07, 6.45) is 11.8. The second-order valence-corrected chi connectivity index (χ2v) is 8.17. The van der Waals surface area contributed by atoms with Crippen molar-refractivity contribution >= 4 is 11.8 Å². The van der Waals surface area contributed by atoms with Crippen LogP contribution in [0.4, 0.5) is 0 Å². The molecule has 1 saturated carbocycles. The third kappa shape index (κ3) is 3.14. The predicted molar refractivity (Wildman–Crippen MR) is 84.6 cm³/mol. The maximum atomic E-state index is 6.10. The van der Waals surface area contributed by atoms with Crippen LogP contribution in [0.5, 0.6) is 0 Å². The normalized spacial score (nSPS) is 33.6. The molecule has 3 aliphatic rings. The maximum absolute atomic E-state index is 6.10. The smallest absolute Gasteiger partial charge is 0.0254 e. The topological polar surface area (TPSA) is 29.3 Å². The molecular formula is C16H30N2S. The fourth-order valence-corrected chi connectivity index (χ4v) is 5.96. The molecule has 3 fully saturated rings. The lowest BCUT2D eigenvalue weighted by atomic mass is 9.68. The number of piperidine rings is 1. The molecule has 0 radical (unpaired) electrons. The van der Waals surface area contributed by atoms with E-state index in [9.17, 15) is 0 Å². The van der Waals surface area contributed by atoms with Crippen molar-refractivity contribution in [1.29, 1.82) is 0 Å². The van der Waals surface area contributed by atoms with E-state index in [0.717, 1.165) is 17.9 Å². The summed E-state index contributed by atoms with van der Waals surface area (Å²) in [5.41, 5.74) is 6.84. The molecule has 110 valence electrons. The van der Waals surface area contributed by atoms with Crippen molar-refractivity contribution in [2.45, 2.75) is 57.4 Å². The van der Waals surface area contributed by atoms with Crippen molar-refractivity contribution in [3.05, 3.63) is 0 Å². The van der Waals surface area contributed by atoms with Crippen LogP contribution >= 0.6 is 11.8 Å². The molecule has 2 heterocycles. The quantitative estimate of drug-likeness (QED) is 0.862. The first-order valence-corrected chi connectivity index (χ1v) is 9.50. The number of nitrogens with two attached hydrogens (primary N) is 1. The van der Waals surface area contributed by atoms with Crippen LogP contribution in [0, 0.1) is 11.3 Å². The summed E-state index contributed by atoms with van der Waals surface area (Å²) in [5, 5.41) is 0. The average molecular weight is 282 g/mol. The van der Waals surface area contributed by atoms with Crippen molar-refractivity contribution in [2.75, 3.05) is 31.1 Å². The monoisotopic (exact) mass is 282 g/mol. The molecule has 2 saturated heterocycles. The third-order valence-corrected chi connectivity index (χ3v) is 7.18. The molecule has 0 bridgehead atoms. The first kappa shape index (κ1) is 14.2. The van der Waals surface area contributed by atoms with Gasteiger partial charge >= 0.3 is 0 Å². The third-order valence-electron chi connectivity index (χ3n) is 5.99. The van der Waals surface area contributed by atoms with Crippen molar-refractivity contribution in [2.24, 2.45) is 17.1 Å². The molecular weight excluding hydrogens is 252 g/mol. The number of likely N-dealkylation sites (tertiary alicyclic amines) is 1. The molecule has 0 aromatic rings. The lowest BCUT2D eigenvalue weighted by Gasteiger charge is -2.47. The minimum absolute atomic E-state index is 0.677. The van der Waals surface area contributed by atoms with E-state index in [0.29, 0.717) is 6.04 Å². The van der Waals surface area contributed by atoms with Crippen LogP contribution in [0.1, 0.15) is 51.4 Å². The van der Waals surface area contributed by atoms with Crippen molar-refractivity contribution in [3.8, 4) is 0 Å². The number of hydrogen-bond acceptors (Lipinski definition) is 3. The van der Waals surface area contributed by atoms with Gasteiger partial charge in [0.15, 0.2) is 0 Å². The lowest BCUT2D eigenvalue weighted by Crippen LogP contribution is -2.51. The highest BCUT2D eigenvalue weighted by Crippen LogP contribution is 2.45. The second-order valence-electron chi connectivity index (χ2n) is 7.02. The van der Waals surface area contributed by atoms with Gasteiger partial charge in [-0.3, -0.25) is 4.90 Å². The summed E-state index contributed by atoms with van der Waals surface area (Å²) in [6.45, 7) is 3.52. The Bertz CT molecular complexity index is 272. The highest BCUT2D eigenvalue weighted by Gasteiger charge is 2.38. The van der Waals surface area contributed by atoms with Gasteiger partial charge in [0.1, 0.15) is 0 Å². The number of rotatable bonds is 3. The Kier molecular flexibility index (Phi) is 4.76. The van der Waals surface area contributed by atoms with Gasteiger partial charge in [-0.2, -0.15) is 11.8 Å². The molecule has 0 amide bonds. The van der Waals surface area contributed by atoms with Crippen LogP contribution < -0.4 is 5.73 Å². The van der Waals surface area contributed by atoms with Gasteiger partial charge in [0.25, 0.3) is 0 Å². The van der Waals surface area contributed by atoms with Gasteiger partial charge in [0.2, 0.25) is 0 Å². The molecule has 2 unspecified atom stereocenters. The van der Waals surface area contributed by atoms with Gasteiger partial charge in [0.05, 0.1) is 0 Å². The Morgan fingerprint density at radius 3 is 2.42 bits per heavy atom. The predicted octanol–water partition coefficient (Wildman–Crippen LogP) is 3.11. The molecule has 3 heteroatoms. The van der Waals surface area contributed by atoms with E-state index in [-0.39, 0.29) is 0 Å². The van der Waals surface area contributed by atoms with Crippen LogP contribution in [0.15, 0.2) is 0 Å². The van der Waals surface area contributed by atoms with Gasteiger partial charge < -0.3 is 5.73 Å². The van der Waals surface area contributed by atoms with Crippen LogP contribution in [-0.4, -0.2) is 42.1 Å². The minimum atomic E-state index is 0.677. The van der Waals surface area contributed by atoms with Crippen LogP contribution in [0.3, 0.4) is 0 Å². The lowest BCUT2D eigenvalue weighted by molar-refractivity contribution is 0.0341. The molecule has 0 aromatic carbocycles. The molecule has 2 aliphatic heterocycles. The summed E-state index contributed by atoms with van der Waals surface area (Å²) in [4.78, 5) is 2.75. The van der Waals surface area contributed by atoms with E-state index in [4.69, 9.17) is 5.73 Å². The zero-order chi connectivity index (χ0) is 13.1. The molecule has 3 rings (SSSR count). The van der Waals surface area contributed by atoms with Crippen LogP contribution in [0.2, 0.25) is 0 Å². The van der Waals surface area contributed by atoms with Crippen LogP contribution in [-0.2, 0) is 0 Å². The summed E-state index contributed by atoms with van der Waals surface area (Å²) < 4.78 is 0. The van der Waals surface area contributed by atoms with E-state index in [1.165, 1.54) is 76.0 Å². The highest BCUT2D eigenvalue weighted by atomic mass is 32.2. The fourth-order valence-electron chi connectivity index (χ4n) is 4.63. The Hall–Kier alpha value is 0.270. The van der Waals surface area contributed by atoms with E-state index in [1.54, 1.807) is 0 Å². The molecule has 2 N–H and O–H groups in total. The zero-order valence-electron chi connectivity index (χ0n) is 12.3. The first-order valence-electron chi connectivity index (χ1n) is 8.35. The van der Waals surface area contributed by atoms with E-state index >= 15 is 0 Å². The zero-order valence-corrected chi connectivity index (χ0v) is 13.1. The molecule has 19 heavy (non-hydrogen) atoms. The van der Waals surface area contributed by atoms with E-state index in [2.05, 4.69) is 16.7 Å². The Labute approximate surface area is 122 Å². The van der Waals surface area contributed by atoms with E-state index < -0.39 is 0 Å². The Morgan fingerprint density at radius 1 is 1.11 bits per heavy atom. The number of thioether (sulfide) groups is 1. The summed E-state index contributed by atoms with van der Waals surface area (Å²) in [5.74, 6) is 3.58. The van der Waals surface area contributed by atoms with Crippen LogP contribution in [0.25, 0.3) is 0 Å². The maximum Gasteiger partial charge on any atom is 0.0254 e. The number of hydrogen-bond donors (Lipinski definition) is 1. The standard InChI is InChI=1S/C16H30N2S/c17-12-15(14-4-11-19-13-14)18-9-7-16(8-10-18)5-2-1-3-6-16/h14-15H,1-13,17H2. The molecule has 1 aliphatic carbocycles.